The van der Waals surface area contributed by atoms with Gasteiger partial charge in [-0.3, -0.25) is 0 Å². The van der Waals surface area contributed by atoms with Gasteiger partial charge in [0.05, 0.1) is 24.2 Å². The maximum atomic E-state index is 11.8. The van der Waals surface area contributed by atoms with Crippen molar-refractivity contribution in [1.29, 1.82) is 0 Å². The molecule has 23 heavy (non-hydrogen) atoms. The summed E-state index contributed by atoms with van der Waals surface area (Å²) in [6, 6.07) is 1.97. The third-order valence-corrected chi connectivity index (χ3v) is 7.40. The first-order valence-corrected chi connectivity index (χ1v) is 9.12. The fourth-order valence-corrected chi connectivity index (χ4v) is 5.79. The van der Waals surface area contributed by atoms with Crippen LogP contribution in [0.2, 0.25) is 0 Å². The number of fused-ring (bicyclic) bond motifs is 1. The summed E-state index contributed by atoms with van der Waals surface area (Å²) in [5.41, 5.74) is 0.347. The number of aliphatic hydroxyl groups excluding tert-OH is 1. The van der Waals surface area contributed by atoms with Gasteiger partial charge in [0.25, 0.3) is 0 Å². The second-order valence-electron chi connectivity index (χ2n) is 8.96. The summed E-state index contributed by atoms with van der Waals surface area (Å²) in [5, 5.41) is 22.5. The maximum absolute atomic E-state index is 11.8. The predicted octanol–water partition coefficient (Wildman–Crippen LogP) is 4.18. The molecule has 0 bridgehead atoms. The molecule has 3 heteroatoms. The lowest BCUT2D eigenvalue weighted by Crippen LogP contribution is -2.65. The molecule has 5 atom stereocenters. The van der Waals surface area contributed by atoms with Gasteiger partial charge >= 0.3 is 0 Å². The van der Waals surface area contributed by atoms with Crippen LogP contribution in [-0.4, -0.2) is 21.9 Å². The third kappa shape index (κ3) is 2.56. The van der Waals surface area contributed by atoms with E-state index in [2.05, 4.69) is 20.8 Å². The number of hydrogen-bond donors (Lipinski definition) is 2. The molecule has 1 aromatic rings. The van der Waals surface area contributed by atoms with E-state index in [4.69, 9.17) is 4.42 Å². The second-order valence-corrected chi connectivity index (χ2v) is 8.96. The van der Waals surface area contributed by atoms with E-state index >= 15 is 0 Å². The lowest BCUT2D eigenvalue weighted by molar-refractivity contribution is -0.239. The molecule has 3 nitrogen and oxygen atoms in total. The van der Waals surface area contributed by atoms with Crippen LogP contribution in [-0.2, 0) is 6.42 Å². The van der Waals surface area contributed by atoms with Crippen molar-refractivity contribution in [2.45, 2.75) is 77.9 Å². The van der Waals surface area contributed by atoms with Gasteiger partial charge in [0.1, 0.15) is 0 Å². The van der Waals surface area contributed by atoms with E-state index in [1.165, 1.54) is 6.42 Å². The first-order valence-electron chi connectivity index (χ1n) is 9.12. The molecular formula is C20H32O3. The molecule has 2 fully saturated rings. The highest BCUT2D eigenvalue weighted by atomic mass is 16.3. The Hall–Kier alpha value is -0.800. The lowest BCUT2D eigenvalue weighted by atomic mass is 9.43. The van der Waals surface area contributed by atoms with Crippen LogP contribution in [0, 0.1) is 22.7 Å². The third-order valence-electron chi connectivity index (χ3n) is 7.40. The van der Waals surface area contributed by atoms with Crippen molar-refractivity contribution in [2.24, 2.45) is 22.7 Å². The van der Waals surface area contributed by atoms with Crippen LogP contribution in [0.15, 0.2) is 23.0 Å². The van der Waals surface area contributed by atoms with Crippen LogP contribution in [0.3, 0.4) is 0 Å². The molecule has 0 aromatic carbocycles. The van der Waals surface area contributed by atoms with Gasteiger partial charge in [-0.1, -0.05) is 34.1 Å². The maximum Gasteiger partial charge on any atom is 0.0934 e. The van der Waals surface area contributed by atoms with Crippen LogP contribution < -0.4 is 0 Å². The van der Waals surface area contributed by atoms with Crippen molar-refractivity contribution in [1.82, 2.24) is 0 Å². The van der Waals surface area contributed by atoms with Crippen molar-refractivity contribution < 1.29 is 14.6 Å². The Balaban J connectivity index is 1.93. The first-order chi connectivity index (χ1) is 10.7. The minimum Gasteiger partial charge on any atom is -0.472 e. The van der Waals surface area contributed by atoms with Crippen LogP contribution in [0.5, 0.6) is 0 Å². The van der Waals surface area contributed by atoms with E-state index in [1.54, 1.807) is 12.5 Å². The largest absolute Gasteiger partial charge is 0.472 e. The Labute approximate surface area is 140 Å². The highest BCUT2D eigenvalue weighted by Crippen LogP contribution is 2.63. The molecule has 0 saturated heterocycles. The molecule has 0 amide bonds. The Morgan fingerprint density at radius 3 is 2.65 bits per heavy atom. The fourth-order valence-electron chi connectivity index (χ4n) is 5.79. The molecular weight excluding hydrogens is 288 g/mol. The summed E-state index contributed by atoms with van der Waals surface area (Å²) in [6.07, 6.45) is 8.74. The molecule has 0 radical (unpaired) electrons. The van der Waals surface area contributed by atoms with E-state index in [0.717, 1.165) is 31.2 Å². The van der Waals surface area contributed by atoms with Crippen LogP contribution in [0.4, 0.5) is 0 Å². The smallest absolute Gasteiger partial charge is 0.0934 e. The quantitative estimate of drug-likeness (QED) is 0.878. The number of furan rings is 1. The van der Waals surface area contributed by atoms with Crippen LogP contribution in [0.25, 0.3) is 0 Å². The van der Waals surface area contributed by atoms with Gasteiger partial charge < -0.3 is 14.6 Å². The van der Waals surface area contributed by atoms with Gasteiger partial charge in [0.2, 0.25) is 0 Å². The molecule has 130 valence electrons. The van der Waals surface area contributed by atoms with Gasteiger partial charge in [-0.05, 0) is 55.1 Å². The molecule has 3 rings (SSSR count). The van der Waals surface area contributed by atoms with Gasteiger partial charge in [-0.25, -0.2) is 0 Å². The van der Waals surface area contributed by atoms with Crippen LogP contribution in [0.1, 0.15) is 65.4 Å². The van der Waals surface area contributed by atoms with Gasteiger partial charge in [-0.2, -0.15) is 0 Å². The Bertz CT molecular complexity index is 535. The van der Waals surface area contributed by atoms with Crippen molar-refractivity contribution in [3.8, 4) is 0 Å². The summed E-state index contributed by atoms with van der Waals surface area (Å²) in [7, 11) is 0. The average Bonchev–Trinajstić information content (AvgIpc) is 2.99. The zero-order valence-electron chi connectivity index (χ0n) is 15.0. The van der Waals surface area contributed by atoms with E-state index in [1.807, 2.05) is 13.0 Å². The zero-order chi connectivity index (χ0) is 16.9. The Morgan fingerprint density at radius 2 is 2.00 bits per heavy atom. The fraction of sp³-hybridized carbons (Fsp3) is 0.800. The zero-order valence-corrected chi connectivity index (χ0v) is 15.0. The SMILES string of the molecule is CC1C(O)CC2C(C)(C)CCCC2(C)C1(O)CCc1ccoc1. The van der Waals surface area contributed by atoms with E-state index in [-0.39, 0.29) is 16.7 Å². The van der Waals surface area contributed by atoms with Gasteiger partial charge in [0, 0.05) is 11.3 Å². The van der Waals surface area contributed by atoms with Crippen molar-refractivity contribution in [2.75, 3.05) is 0 Å². The second kappa shape index (κ2) is 5.63. The number of hydrogen-bond acceptors (Lipinski definition) is 3. The molecule has 1 heterocycles. The van der Waals surface area contributed by atoms with Crippen molar-refractivity contribution in [3.63, 3.8) is 0 Å². The molecule has 5 unspecified atom stereocenters. The molecule has 2 saturated carbocycles. The standard InChI is InChI=1S/C20H32O3/c1-14-16(21)12-17-18(2,3)8-5-9-19(17,4)20(14,22)10-6-15-7-11-23-13-15/h7,11,13-14,16-17,21-22H,5-6,8-10,12H2,1-4H3. The van der Waals surface area contributed by atoms with Gasteiger partial charge in [-0.15, -0.1) is 0 Å². The molecule has 0 aliphatic heterocycles. The Kier molecular flexibility index (Phi) is 4.17. The highest BCUT2D eigenvalue weighted by molar-refractivity contribution is 5.15. The van der Waals surface area contributed by atoms with Crippen molar-refractivity contribution in [3.05, 3.63) is 24.2 Å². The monoisotopic (exact) mass is 320 g/mol. The minimum atomic E-state index is -0.829. The average molecular weight is 320 g/mol. The molecule has 2 aliphatic carbocycles. The molecule has 0 spiro atoms. The minimum absolute atomic E-state index is 0.0930. The van der Waals surface area contributed by atoms with E-state index in [9.17, 15) is 10.2 Å². The van der Waals surface area contributed by atoms with Gasteiger partial charge in [0.15, 0.2) is 0 Å². The van der Waals surface area contributed by atoms with Crippen molar-refractivity contribution >= 4 is 0 Å². The number of aryl methyl sites for hydroxylation is 1. The number of aliphatic hydroxyl groups is 2. The van der Waals surface area contributed by atoms with E-state index in [0.29, 0.717) is 12.3 Å². The summed E-state index contributed by atoms with van der Waals surface area (Å²) >= 11 is 0. The highest BCUT2D eigenvalue weighted by Gasteiger charge is 2.63. The lowest BCUT2D eigenvalue weighted by Gasteiger charge is -2.64. The summed E-state index contributed by atoms with van der Waals surface area (Å²) in [5.74, 6) is 0.272. The summed E-state index contributed by atoms with van der Waals surface area (Å²) < 4.78 is 5.17. The summed E-state index contributed by atoms with van der Waals surface area (Å²) in [6.45, 7) is 8.93. The molecule has 2 N–H and O–H groups in total. The molecule has 2 aliphatic rings. The Morgan fingerprint density at radius 1 is 1.26 bits per heavy atom. The topological polar surface area (TPSA) is 53.6 Å². The van der Waals surface area contributed by atoms with Crippen LogP contribution >= 0.6 is 0 Å². The normalized spacial score (nSPS) is 43.1. The predicted molar refractivity (Wildman–Crippen MR) is 91.0 cm³/mol. The number of rotatable bonds is 3. The summed E-state index contributed by atoms with van der Waals surface area (Å²) in [4.78, 5) is 0. The van der Waals surface area contributed by atoms with E-state index < -0.39 is 11.7 Å². The first kappa shape index (κ1) is 17.0. The molecule has 1 aromatic heterocycles.